The van der Waals surface area contributed by atoms with E-state index in [9.17, 15) is 9.59 Å². The van der Waals surface area contributed by atoms with E-state index in [0.717, 1.165) is 0 Å². The van der Waals surface area contributed by atoms with Crippen LogP contribution in [0.3, 0.4) is 0 Å². The van der Waals surface area contributed by atoms with Gasteiger partial charge >= 0.3 is 0 Å². The summed E-state index contributed by atoms with van der Waals surface area (Å²) >= 11 is 0. The van der Waals surface area contributed by atoms with E-state index in [4.69, 9.17) is 10.9 Å². The molecule has 7 nitrogen and oxygen atoms in total. The monoisotopic (exact) mass is 334 g/mol. The van der Waals surface area contributed by atoms with Gasteiger partial charge < -0.3 is 15.2 Å². The first-order chi connectivity index (χ1) is 12.1. The number of para-hydroxylation sites is 1. The van der Waals surface area contributed by atoms with Gasteiger partial charge in [0.25, 0.3) is 17.5 Å². The van der Waals surface area contributed by atoms with Gasteiger partial charge in [-0.3, -0.25) is 9.59 Å². The third-order valence-corrected chi connectivity index (χ3v) is 3.54. The maximum atomic E-state index is 12.5. The van der Waals surface area contributed by atoms with Crippen molar-refractivity contribution in [3.05, 3.63) is 53.3 Å². The number of carbonyl (C=O) groups excluding carboxylic acids is 2. The zero-order valence-corrected chi connectivity index (χ0v) is 13.4. The minimum Gasteiger partial charge on any atom is -0.341 e. The summed E-state index contributed by atoms with van der Waals surface area (Å²) < 4.78 is 5.03. The first-order valence-corrected chi connectivity index (χ1v) is 7.44. The highest BCUT2D eigenvalue weighted by Gasteiger charge is 2.15. The number of rotatable bonds is 4. The molecule has 25 heavy (non-hydrogen) atoms. The number of aromatic nitrogens is 2. The van der Waals surface area contributed by atoms with Crippen LogP contribution in [0.4, 0.5) is 5.69 Å². The van der Waals surface area contributed by atoms with Crippen LogP contribution in [-0.4, -0.2) is 28.5 Å². The number of nitrogens with one attached hydrogen (secondary N) is 2. The van der Waals surface area contributed by atoms with Crippen LogP contribution in [0.2, 0.25) is 0 Å². The standard InChI is InChI=1S/C18H14N4O3/c1-3-8-19-17(24)13-6-4-5-7-15(13)21-16(23)12-9-14-11(2)22-25-18(14)20-10-12/h1,4-7,9-10H,8H2,2H3,(H,19,24)(H,21,23). The number of terminal acetylenes is 1. The van der Waals surface area contributed by atoms with Crippen LogP contribution in [0.25, 0.3) is 11.1 Å². The average Bonchev–Trinajstić information content (AvgIpc) is 3.00. The lowest BCUT2D eigenvalue weighted by Crippen LogP contribution is -2.25. The first-order valence-electron chi connectivity index (χ1n) is 7.44. The fourth-order valence-corrected chi connectivity index (χ4v) is 2.28. The predicted octanol–water partition coefficient (Wildman–Crippen LogP) is 2.15. The Morgan fingerprint density at radius 2 is 2.08 bits per heavy atom. The number of carbonyl (C=O) groups is 2. The predicted molar refractivity (Wildman–Crippen MR) is 92.1 cm³/mol. The number of benzene rings is 1. The van der Waals surface area contributed by atoms with Gasteiger partial charge in [0.1, 0.15) is 0 Å². The van der Waals surface area contributed by atoms with Crippen LogP contribution < -0.4 is 10.6 Å². The molecular formula is C18H14N4O3. The van der Waals surface area contributed by atoms with Gasteiger partial charge in [-0.15, -0.1) is 6.42 Å². The Morgan fingerprint density at radius 3 is 2.88 bits per heavy atom. The minimum atomic E-state index is -0.396. The summed E-state index contributed by atoms with van der Waals surface area (Å²) in [6, 6.07) is 8.31. The molecule has 0 saturated carbocycles. The van der Waals surface area contributed by atoms with E-state index in [1.54, 1.807) is 37.3 Å². The van der Waals surface area contributed by atoms with Gasteiger partial charge in [-0.2, -0.15) is 0 Å². The molecule has 2 heterocycles. The van der Waals surface area contributed by atoms with Crippen LogP contribution in [0.15, 0.2) is 41.1 Å². The fourth-order valence-electron chi connectivity index (χ4n) is 2.28. The molecule has 1 aromatic carbocycles. The van der Waals surface area contributed by atoms with E-state index >= 15 is 0 Å². The normalized spacial score (nSPS) is 10.2. The lowest BCUT2D eigenvalue weighted by atomic mass is 10.1. The van der Waals surface area contributed by atoms with E-state index in [2.05, 4.69) is 26.7 Å². The third-order valence-electron chi connectivity index (χ3n) is 3.54. The highest BCUT2D eigenvalue weighted by molar-refractivity contribution is 6.09. The molecule has 2 N–H and O–H groups in total. The second-order valence-corrected chi connectivity index (χ2v) is 5.23. The molecule has 0 atom stereocenters. The molecule has 0 unspecified atom stereocenters. The zero-order valence-electron chi connectivity index (χ0n) is 13.4. The van der Waals surface area contributed by atoms with E-state index in [1.165, 1.54) is 6.20 Å². The SMILES string of the molecule is C#CCNC(=O)c1ccccc1NC(=O)c1cnc2onc(C)c2c1. The Labute approximate surface area is 143 Å². The highest BCUT2D eigenvalue weighted by atomic mass is 16.5. The van der Waals surface area contributed by atoms with E-state index < -0.39 is 5.91 Å². The van der Waals surface area contributed by atoms with Crippen LogP contribution >= 0.6 is 0 Å². The molecule has 0 aliphatic carbocycles. The number of fused-ring (bicyclic) bond motifs is 1. The molecule has 7 heteroatoms. The topological polar surface area (TPSA) is 97.1 Å². The van der Waals surface area contributed by atoms with Crippen LogP contribution in [-0.2, 0) is 0 Å². The smallest absolute Gasteiger partial charge is 0.257 e. The molecule has 3 rings (SSSR count). The Kier molecular flexibility index (Phi) is 4.44. The molecule has 2 aromatic heterocycles. The Morgan fingerprint density at radius 1 is 1.28 bits per heavy atom. The highest BCUT2D eigenvalue weighted by Crippen LogP contribution is 2.19. The molecule has 0 fully saturated rings. The number of aryl methyl sites for hydroxylation is 1. The van der Waals surface area contributed by atoms with Crippen molar-refractivity contribution in [1.82, 2.24) is 15.5 Å². The van der Waals surface area contributed by atoms with Crippen molar-refractivity contribution in [2.24, 2.45) is 0 Å². The van der Waals surface area contributed by atoms with E-state index in [-0.39, 0.29) is 12.5 Å². The quantitative estimate of drug-likeness (QED) is 0.713. The molecule has 0 bridgehead atoms. The number of hydrogen-bond acceptors (Lipinski definition) is 5. The molecule has 2 amide bonds. The molecule has 0 saturated heterocycles. The number of nitrogens with zero attached hydrogens (tertiary/aromatic N) is 2. The molecule has 0 aliphatic heterocycles. The number of hydrogen-bond donors (Lipinski definition) is 2. The average molecular weight is 334 g/mol. The largest absolute Gasteiger partial charge is 0.341 e. The van der Waals surface area contributed by atoms with Gasteiger partial charge in [0, 0.05) is 6.20 Å². The van der Waals surface area contributed by atoms with Crippen molar-refractivity contribution in [2.75, 3.05) is 11.9 Å². The Balaban J connectivity index is 1.86. The summed E-state index contributed by atoms with van der Waals surface area (Å²) in [5.74, 6) is 1.57. The van der Waals surface area contributed by atoms with Crippen molar-refractivity contribution >= 4 is 28.6 Å². The van der Waals surface area contributed by atoms with Crippen LogP contribution in [0.1, 0.15) is 26.4 Å². The lowest BCUT2D eigenvalue weighted by molar-refractivity contribution is 0.0959. The maximum absolute atomic E-state index is 12.5. The summed E-state index contributed by atoms with van der Waals surface area (Å²) in [6.07, 6.45) is 6.54. The maximum Gasteiger partial charge on any atom is 0.257 e. The molecule has 0 radical (unpaired) electrons. The number of pyridine rings is 1. The van der Waals surface area contributed by atoms with Gasteiger partial charge in [0.2, 0.25) is 0 Å². The van der Waals surface area contributed by atoms with Crippen LogP contribution in [0.5, 0.6) is 0 Å². The van der Waals surface area contributed by atoms with E-state index in [0.29, 0.717) is 33.6 Å². The fraction of sp³-hybridized carbons (Fsp3) is 0.111. The molecule has 0 spiro atoms. The van der Waals surface area contributed by atoms with Gasteiger partial charge in [0.05, 0.1) is 34.4 Å². The summed E-state index contributed by atoms with van der Waals surface area (Å²) in [5.41, 5.74) is 2.04. The third kappa shape index (κ3) is 3.33. The molecule has 0 aliphatic rings. The zero-order chi connectivity index (χ0) is 17.8. The summed E-state index contributed by atoms with van der Waals surface area (Å²) in [7, 11) is 0. The minimum absolute atomic E-state index is 0.106. The summed E-state index contributed by atoms with van der Waals surface area (Å²) in [4.78, 5) is 28.7. The van der Waals surface area contributed by atoms with Crippen LogP contribution in [0, 0.1) is 19.3 Å². The molecule has 124 valence electrons. The Hall–Kier alpha value is -3.66. The van der Waals surface area contributed by atoms with Gasteiger partial charge in [-0.1, -0.05) is 23.2 Å². The van der Waals surface area contributed by atoms with Gasteiger partial charge in [-0.25, -0.2) is 4.98 Å². The van der Waals surface area contributed by atoms with E-state index in [1.807, 2.05) is 0 Å². The van der Waals surface area contributed by atoms with Gasteiger partial charge in [0.15, 0.2) is 0 Å². The van der Waals surface area contributed by atoms with Crippen molar-refractivity contribution in [2.45, 2.75) is 6.92 Å². The summed E-state index contributed by atoms with van der Waals surface area (Å²) in [6.45, 7) is 1.87. The second kappa shape index (κ2) is 6.84. The van der Waals surface area contributed by atoms with Crippen molar-refractivity contribution in [1.29, 1.82) is 0 Å². The Bertz CT molecular complexity index is 1000. The first kappa shape index (κ1) is 16.2. The number of anilines is 1. The molecule has 3 aromatic rings. The summed E-state index contributed by atoms with van der Waals surface area (Å²) in [5, 5.41) is 9.76. The lowest BCUT2D eigenvalue weighted by Gasteiger charge is -2.10. The second-order valence-electron chi connectivity index (χ2n) is 5.23. The van der Waals surface area contributed by atoms with Crippen molar-refractivity contribution < 1.29 is 14.1 Å². The van der Waals surface area contributed by atoms with Gasteiger partial charge in [-0.05, 0) is 25.1 Å². The van der Waals surface area contributed by atoms with Crippen molar-refractivity contribution in [3.63, 3.8) is 0 Å². The van der Waals surface area contributed by atoms with Crippen molar-refractivity contribution in [3.8, 4) is 12.3 Å². The molecular weight excluding hydrogens is 320 g/mol. The number of amides is 2.